The van der Waals surface area contributed by atoms with Crippen molar-refractivity contribution < 1.29 is 9.53 Å². The third-order valence-electron chi connectivity index (χ3n) is 2.50. The molecule has 0 atom stereocenters. The topological polar surface area (TPSA) is 79.9 Å². The number of hydrogen-bond donors (Lipinski definition) is 2. The number of H-pyrrole nitrogens is 1. The van der Waals surface area contributed by atoms with Gasteiger partial charge in [0.2, 0.25) is 5.95 Å². The van der Waals surface area contributed by atoms with Gasteiger partial charge in [-0.1, -0.05) is 19.9 Å². The van der Waals surface area contributed by atoms with Crippen LogP contribution in [-0.4, -0.2) is 27.7 Å². The highest BCUT2D eigenvalue weighted by molar-refractivity contribution is 6.03. The van der Waals surface area contributed by atoms with E-state index in [1.807, 2.05) is 6.07 Å². The fraction of sp³-hybridized carbons (Fsp3) is 0.357. The van der Waals surface area contributed by atoms with Crippen LogP contribution in [0.25, 0.3) is 0 Å². The summed E-state index contributed by atoms with van der Waals surface area (Å²) in [6, 6.07) is 7.04. The molecule has 6 nitrogen and oxygen atoms in total. The molecule has 0 fully saturated rings. The summed E-state index contributed by atoms with van der Waals surface area (Å²) >= 11 is 0. The molecule has 1 heterocycles. The van der Waals surface area contributed by atoms with Crippen LogP contribution >= 0.6 is 0 Å². The summed E-state index contributed by atoms with van der Waals surface area (Å²) in [6.07, 6.45) is 0. The van der Waals surface area contributed by atoms with Crippen LogP contribution in [0, 0.1) is 12.8 Å². The summed E-state index contributed by atoms with van der Waals surface area (Å²) in [6.45, 7) is 6.53. The molecule has 0 aliphatic heterocycles. The number of rotatable bonds is 5. The fourth-order valence-corrected chi connectivity index (χ4v) is 1.56. The van der Waals surface area contributed by atoms with Gasteiger partial charge in [-0.25, -0.2) is 0 Å². The molecule has 2 N–H and O–H groups in total. The van der Waals surface area contributed by atoms with E-state index >= 15 is 0 Å². The number of aromatic nitrogens is 3. The highest BCUT2D eigenvalue weighted by Crippen LogP contribution is 2.15. The Morgan fingerprint density at radius 1 is 1.45 bits per heavy atom. The lowest BCUT2D eigenvalue weighted by molar-refractivity contribution is 0.102. The minimum absolute atomic E-state index is 0.265. The number of nitrogens with zero attached hydrogens (tertiary/aromatic N) is 2. The summed E-state index contributed by atoms with van der Waals surface area (Å²) < 4.78 is 5.60. The van der Waals surface area contributed by atoms with Crippen LogP contribution in [0.15, 0.2) is 24.3 Å². The van der Waals surface area contributed by atoms with Crippen molar-refractivity contribution in [2.45, 2.75) is 20.8 Å². The van der Waals surface area contributed by atoms with Crippen LogP contribution in [0.5, 0.6) is 5.75 Å². The SMILES string of the molecule is Cc1nc(NC(=O)c2cccc(OCC(C)C)c2)n[nH]1. The van der Waals surface area contributed by atoms with Crippen LogP contribution in [-0.2, 0) is 0 Å². The third-order valence-corrected chi connectivity index (χ3v) is 2.50. The highest BCUT2D eigenvalue weighted by Gasteiger charge is 2.10. The second-order valence-electron chi connectivity index (χ2n) is 4.93. The van der Waals surface area contributed by atoms with Crippen LogP contribution < -0.4 is 10.1 Å². The van der Waals surface area contributed by atoms with Crippen LogP contribution in [0.4, 0.5) is 5.95 Å². The summed E-state index contributed by atoms with van der Waals surface area (Å²) in [5.74, 6) is 1.76. The quantitative estimate of drug-likeness (QED) is 0.877. The lowest BCUT2D eigenvalue weighted by Crippen LogP contribution is -2.13. The number of aryl methyl sites for hydroxylation is 1. The van der Waals surface area contributed by atoms with Crippen LogP contribution in [0.2, 0.25) is 0 Å². The maximum atomic E-state index is 12.1. The van der Waals surface area contributed by atoms with Gasteiger partial charge in [-0.15, -0.1) is 5.10 Å². The molecule has 0 aliphatic carbocycles. The first-order valence-corrected chi connectivity index (χ1v) is 6.48. The summed E-state index contributed by atoms with van der Waals surface area (Å²) in [4.78, 5) is 16.1. The van der Waals surface area contributed by atoms with Crippen molar-refractivity contribution in [3.63, 3.8) is 0 Å². The van der Waals surface area contributed by atoms with E-state index in [0.29, 0.717) is 29.7 Å². The normalized spacial score (nSPS) is 10.6. The molecule has 2 rings (SSSR count). The van der Waals surface area contributed by atoms with Gasteiger partial charge in [0.05, 0.1) is 6.61 Å². The second-order valence-corrected chi connectivity index (χ2v) is 4.93. The van der Waals surface area contributed by atoms with E-state index in [2.05, 4.69) is 34.3 Å². The zero-order valence-corrected chi connectivity index (χ0v) is 11.8. The molecule has 1 aromatic carbocycles. The first kappa shape index (κ1) is 14.0. The number of carbonyl (C=O) groups excluding carboxylic acids is 1. The maximum absolute atomic E-state index is 12.1. The van der Waals surface area contributed by atoms with Gasteiger partial charge in [0.1, 0.15) is 11.6 Å². The molecular formula is C14H18N4O2. The van der Waals surface area contributed by atoms with Gasteiger partial charge in [-0.2, -0.15) is 4.98 Å². The van der Waals surface area contributed by atoms with Gasteiger partial charge in [0, 0.05) is 5.56 Å². The molecule has 0 radical (unpaired) electrons. The Morgan fingerprint density at radius 3 is 2.90 bits per heavy atom. The minimum atomic E-state index is -0.265. The molecule has 0 unspecified atom stereocenters. The second kappa shape index (κ2) is 6.18. The van der Waals surface area contributed by atoms with Crippen molar-refractivity contribution in [2.24, 2.45) is 5.92 Å². The molecule has 0 saturated carbocycles. The van der Waals surface area contributed by atoms with Gasteiger partial charge in [0.25, 0.3) is 5.91 Å². The van der Waals surface area contributed by atoms with E-state index in [1.165, 1.54) is 0 Å². The first-order valence-electron chi connectivity index (χ1n) is 6.48. The van der Waals surface area contributed by atoms with E-state index < -0.39 is 0 Å². The Hall–Kier alpha value is -2.37. The molecule has 1 amide bonds. The molecule has 0 spiro atoms. The van der Waals surface area contributed by atoms with Gasteiger partial charge in [0.15, 0.2) is 0 Å². The molecule has 2 aromatic rings. The van der Waals surface area contributed by atoms with Crippen molar-refractivity contribution in [1.82, 2.24) is 15.2 Å². The van der Waals surface area contributed by atoms with E-state index in [4.69, 9.17) is 4.74 Å². The van der Waals surface area contributed by atoms with E-state index in [1.54, 1.807) is 25.1 Å². The molecular weight excluding hydrogens is 256 g/mol. The molecule has 20 heavy (non-hydrogen) atoms. The Kier molecular flexibility index (Phi) is 4.34. The molecule has 0 aliphatic rings. The number of nitrogens with one attached hydrogen (secondary N) is 2. The zero-order chi connectivity index (χ0) is 14.5. The number of amides is 1. The fourth-order valence-electron chi connectivity index (χ4n) is 1.56. The van der Waals surface area contributed by atoms with Gasteiger partial charge < -0.3 is 4.74 Å². The lowest BCUT2D eigenvalue weighted by Gasteiger charge is -2.09. The molecule has 106 valence electrons. The Bertz CT molecular complexity index is 592. The van der Waals surface area contributed by atoms with Crippen molar-refractivity contribution in [1.29, 1.82) is 0 Å². The van der Waals surface area contributed by atoms with E-state index in [-0.39, 0.29) is 11.9 Å². The zero-order valence-electron chi connectivity index (χ0n) is 11.8. The molecule has 0 bridgehead atoms. The minimum Gasteiger partial charge on any atom is -0.493 e. The van der Waals surface area contributed by atoms with Gasteiger partial charge in [-0.3, -0.25) is 15.2 Å². The number of anilines is 1. The van der Waals surface area contributed by atoms with Crippen molar-refractivity contribution in [3.8, 4) is 5.75 Å². The van der Waals surface area contributed by atoms with E-state index in [0.717, 1.165) is 0 Å². The van der Waals surface area contributed by atoms with Crippen molar-refractivity contribution in [2.75, 3.05) is 11.9 Å². The number of aromatic amines is 1. The molecule has 0 saturated heterocycles. The summed E-state index contributed by atoms with van der Waals surface area (Å²) in [5.41, 5.74) is 0.508. The Morgan fingerprint density at radius 2 is 2.25 bits per heavy atom. The summed E-state index contributed by atoms with van der Waals surface area (Å²) in [7, 11) is 0. The van der Waals surface area contributed by atoms with Crippen LogP contribution in [0.3, 0.4) is 0 Å². The molecule has 1 aromatic heterocycles. The largest absolute Gasteiger partial charge is 0.493 e. The third kappa shape index (κ3) is 3.81. The molecule has 6 heteroatoms. The average molecular weight is 274 g/mol. The Balaban J connectivity index is 2.04. The van der Waals surface area contributed by atoms with Crippen LogP contribution in [0.1, 0.15) is 30.0 Å². The number of hydrogen-bond acceptors (Lipinski definition) is 4. The number of benzene rings is 1. The van der Waals surface area contributed by atoms with E-state index in [9.17, 15) is 4.79 Å². The average Bonchev–Trinajstić information content (AvgIpc) is 2.82. The first-order chi connectivity index (χ1) is 9.54. The van der Waals surface area contributed by atoms with Gasteiger partial charge in [-0.05, 0) is 31.0 Å². The highest BCUT2D eigenvalue weighted by atomic mass is 16.5. The monoisotopic (exact) mass is 274 g/mol. The van der Waals surface area contributed by atoms with Crippen molar-refractivity contribution >= 4 is 11.9 Å². The maximum Gasteiger partial charge on any atom is 0.258 e. The predicted octanol–water partition coefficient (Wildman–Crippen LogP) is 2.40. The Labute approximate surface area is 117 Å². The van der Waals surface area contributed by atoms with Gasteiger partial charge >= 0.3 is 0 Å². The number of carbonyl (C=O) groups is 1. The summed E-state index contributed by atoms with van der Waals surface area (Å²) in [5, 5.41) is 9.16. The number of ether oxygens (including phenoxy) is 1. The lowest BCUT2D eigenvalue weighted by atomic mass is 10.2. The smallest absolute Gasteiger partial charge is 0.258 e. The standard InChI is InChI=1S/C14H18N4O2/c1-9(2)8-20-12-6-4-5-11(7-12)13(19)16-14-15-10(3)17-18-14/h4-7,9H,8H2,1-3H3,(H2,15,16,17,18,19). The van der Waals surface area contributed by atoms with Crippen molar-refractivity contribution in [3.05, 3.63) is 35.7 Å². The predicted molar refractivity (Wildman–Crippen MR) is 75.8 cm³/mol.